The Labute approximate surface area is 104 Å². The van der Waals surface area contributed by atoms with E-state index in [0.717, 1.165) is 0 Å². The zero-order chi connectivity index (χ0) is 12.1. The standard InChI is InChI=1S/C13H24N4/c1-17-10-15-9-13(17)12(8-14)16-11-6-4-2-3-5-7-11/h9-12,16H,2-8,14H2,1H3. The Kier molecular flexibility index (Phi) is 4.57. The van der Waals surface area contributed by atoms with Gasteiger partial charge in [-0.2, -0.15) is 0 Å². The third kappa shape index (κ3) is 3.30. The van der Waals surface area contributed by atoms with Gasteiger partial charge in [0.05, 0.1) is 18.1 Å². The predicted octanol–water partition coefficient (Wildman–Crippen LogP) is 1.73. The van der Waals surface area contributed by atoms with Crippen LogP contribution in [0.5, 0.6) is 0 Å². The molecule has 4 nitrogen and oxygen atoms in total. The SMILES string of the molecule is Cn1cncc1C(CN)NC1CCCCCC1. The smallest absolute Gasteiger partial charge is 0.0946 e. The van der Waals surface area contributed by atoms with Gasteiger partial charge in [-0.3, -0.25) is 0 Å². The van der Waals surface area contributed by atoms with Crippen LogP contribution in [0, 0.1) is 0 Å². The fraction of sp³-hybridized carbons (Fsp3) is 0.769. The fourth-order valence-corrected chi connectivity index (χ4v) is 2.71. The van der Waals surface area contributed by atoms with Crippen LogP contribution in [0.1, 0.15) is 50.3 Å². The summed E-state index contributed by atoms with van der Waals surface area (Å²) in [5.74, 6) is 0. The van der Waals surface area contributed by atoms with Crippen LogP contribution < -0.4 is 11.1 Å². The van der Waals surface area contributed by atoms with Crippen LogP contribution >= 0.6 is 0 Å². The minimum atomic E-state index is 0.241. The van der Waals surface area contributed by atoms with E-state index < -0.39 is 0 Å². The van der Waals surface area contributed by atoms with Crippen LogP contribution in [0.2, 0.25) is 0 Å². The Bertz CT molecular complexity index is 326. The number of hydrogen-bond acceptors (Lipinski definition) is 3. The number of aromatic nitrogens is 2. The number of nitrogens with two attached hydrogens (primary N) is 1. The van der Waals surface area contributed by atoms with E-state index in [1.165, 1.54) is 44.2 Å². The summed E-state index contributed by atoms with van der Waals surface area (Å²) in [5, 5.41) is 3.70. The van der Waals surface area contributed by atoms with Gasteiger partial charge in [0.1, 0.15) is 0 Å². The summed E-state index contributed by atoms with van der Waals surface area (Å²) in [6.45, 7) is 0.635. The van der Waals surface area contributed by atoms with E-state index in [1.54, 1.807) is 0 Å². The molecule has 1 heterocycles. The molecule has 0 aromatic carbocycles. The van der Waals surface area contributed by atoms with E-state index in [0.29, 0.717) is 12.6 Å². The Morgan fingerprint density at radius 3 is 2.65 bits per heavy atom. The van der Waals surface area contributed by atoms with E-state index in [1.807, 2.05) is 19.6 Å². The number of nitrogens with one attached hydrogen (secondary N) is 1. The molecule has 1 saturated carbocycles. The molecule has 1 aliphatic carbocycles. The summed E-state index contributed by atoms with van der Waals surface area (Å²) in [6.07, 6.45) is 11.8. The zero-order valence-electron chi connectivity index (χ0n) is 10.7. The Hall–Kier alpha value is -0.870. The highest BCUT2D eigenvalue weighted by Crippen LogP contribution is 2.20. The lowest BCUT2D eigenvalue weighted by atomic mass is 10.1. The van der Waals surface area contributed by atoms with Gasteiger partial charge in [-0.1, -0.05) is 25.7 Å². The lowest BCUT2D eigenvalue weighted by Gasteiger charge is -2.24. The first-order valence-corrected chi connectivity index (χ1v) is 6.73. The summed E-state index contributed by atoms with van der Waals surface area (Å²) < 4.78 is 2.06. The molecule has 0 bridgehead atoms. The minimum Gasteiger partial charge on any atom is -0.336 e. The van der Waals surface area contributed by atoms with Crippen molar-refractivity contribution in [2.24, 2.45) is 12.8 Å². The van der Waals surface area contributed by atoms with Crippen molar-refractivity contribution in [3.8, 4) is 0 Å². The molecule has 4 heteroatoms. The number of imidazole rings is 1. The maximum atomic E-state index is 5.89. The number of rotatable bonds is 4. The first kappa shape index (κ1) is 12.6. The third-order valence-electron chi connectivity index (χ3n) is 3.74. The molecule has 1 aromatic heterocycles. The second-order valence-electron chi connectivity index (χ2n) is 5.07. The van der Waals surface area contributed by atoms with Crippen LogP contribution in [0.25, 0.3) is 0 Å². The summed E-state index contributed by atoms with van der Waals surface area (Å²) in [6, 6.07) is 0.867. The monoisotopic (exact) mass is 236 g/mol. The largest absolute Gasteiger partial charge is 0.336 e. The molecule has 3 N–H and O–H groups in total. The van der Waals surface area contributed by atoms with Crippen molar-refractivity contribution in [1.29, 1.82) is 0 Å². The average molecular weight is 236 g/mol. The minimum absolute atomic E-state index is 0.241. The van der Waals surface area contributed by atoms with Gasteiger partial charge in [-0.25, -0.2) is 4.98 Å². The Balaban J connectivity index is 1.97. The number of nitrogens with zero attached hydrogens (tertiary/aromatic N) is 2. The molecule has 0 aliphatic heterocycles. The van der Waals surface area contributed by atoms with E-state index in [4.69, 9.17) is 5.73 Å². The summed E-state index contributed by atoms with van der Waals surface area (Å²) in [4.78, 5) is 4.17. The van der Waals surface area contributed by atoms with Crippen LogP contribution in [0.15, 0.2) is 12.5 Å². The van der Waals surface area contributed by atoms with Gasteiger partial charge in [0.25, 0.3) is 0 Å². The van der Waals surface area contributed by atoms with Crippen molar-refractivity contribution in [1.82, 2.24) is 14.9 Å². The molecule has 0 radical (unpaired) electrons. The number of aryl methyl sites for hydroxylation is 1. The molecule has 0 saturated heterocycles. The summed E-state index contributed by atoms with van der Waals surface area (Å²) in [7, 11) is 2.03. The van der Waals surface area contributed by atoms with E-state index in [-0.39, 0.29) is 6.04 Å². The Morgan fingerprint density at radius 2 is 2.12 bits per heavy atom. The fourth-order valence-electron chi connectivity index (χ4n) is 2.71. The molecule has 17 heavy (non-hydrogen) atoms. The molecule has 2 rings (SSSR count). The number of hydrogen-bond donors (Lipinski definition) is 2. The molecule has 96 valence electrons. The molecule has 1 atom stereocenters. The van der Waals surface area contributed by atoms with Gasteiger partial charge in [0, 0.05) is 25.8 Å². The third-order valence-corrected chi connectivity index (χ3v) is 3.74. The van der Waals surface area contributed by atoms with Gasteiger partial charge in [0.2, 0.25) is 0 Å². The normalized spacial score (nSPS) is 20.1. The first-order valence-electron chi connectivity index (χ1n) is 6.73. The predicted molar refractivity (Wildman–Crippen MR) is 69.6 cm³/mol. The van der Waals surface area contributed by atoms with Gasteiger partial charge < -0.3 is 15.6 Å². The highest BCUT2D eigenvalue weighted by molar-refractivity contribution is 5.06. The first-order chi connectivity index (χ1) is 8.31. The lowest BCUT2D eigenvalue weighted by Crippen LogP contribution is -2.37. The van der Waals surface area contributed by atoms with Gasteiger partial charge >= 0.3 is 0 Å². The second-order valence-corrected chi connectivity index (χ2v) is 5.07. The average Bonchev–Trinajstić information content (AvgIpc) is 2.62. The summed E-state index contributed by atoms with van der Waals surface area (Å²) >= 11 is 0. The molecular formula is C13H24N4. The van der Waals surface area contributed by atoms with Gasteiger partial charge in [-0.15, -0.1) is 0 Å². The molecule has 1 aliphatic rings. The van der Waals surface area contributed by atoms with Gasteiger partial charge in [0.15, 0.2) is 0 Å². The summed E-state index contributed by atoms with van der Waals surface area (Å²) in [5.41, 5.74) is 7.08. The van der Waals surface area contributed by atoms with Crippen LogP contribution in [0.4, 0.5) is 0 Å². The van der Waals surface area contributed by atoms with Crippen molar-refractivity contribution >= 4 is 0 Å². The van der Waals surface area contributed by atoms with Crippen molar-refractivity contribution in [3.63, 3.8) is 0 Å². The van der Waals surface area contributed by atoms with Gasteiger partial charge in [-0.05, 0) is 12.8 Å². The van der Waals surface area contributed by atoms with Crippen molar-refractivity contribution < 1.29 is 0 Å². The highest BCUT2D eigenvalue weighted by Gasteiger charge is 2.19. The second kappa shape index (κ2) is 6.17. The van der Waals surface area contributed by atoms with E-state index in [2.05, 4.69) is 14.9 Å². The lowest BCUT2D eigenvalue weighted by molar-refractivity contribution is 0.393. The van der Waals surface area contributed by atoms with Crippen LogP contribution in [-0.4, -0.2) is 22.1 Å². The topological polar surface area (TPSA) is 55.9 Å². The highest BCUT2D eigenvalue weighted by atomic mass is 15.1. The molecule has 0 spiro atoms. The Morgan fingerprint density at radius 1 is 1.41 bits per heavy atom. The molecular weight excluding hydrogens is 212 g/mol. The maximum absolute atomic E-state index is 5.89. The molecule has 1 fully saturated rings. The molecule has 1 aromatic rings. The van der Waals surface area contributed by atoms with Crippen molar-refractivity contribution in [2.45, 2.75) is 50.6 Å². The van der Waals surface area contributed by atoms with Crippen molar-refractivity contribution in [3.05, 3.63) is 18.2 Å². The van der Waals surface area contributed by atoms with Crippen molar-refractivity contribution in [2.75, 3.05) is 6.54 Å². The molecule has 1 unspecified atom stereocenters. The van der Waals surface area contributed by atoms with E-state index in [9.17, 15) is 0 Å². The zero-order valence-corrected chi connectivity index (χ0v) is 10.7. The van der Waals surface area contributed by atoms with Crippen LogP contribution in [-0.2, 0) is 7.05 Å². The maximum Gasteiger partial charge on any atom is 0.0946 e. The quantitative estimate of drug-likeness (QED) is 0.783. The molecule has 0 amide bonds. The van der Waals surface area contributed by atoms with E-state index >= 15 is 0 Å². The van der Waals surface area contributed by atoms with Crippen LogP contribution in [0.3, 0.4) is 0 Å².